The number of benzene rings is 1. The SMILES string of the molecule is COc1ccc2nccc(N3CCC(N(C)c4ncc(Cl)cn4)CC3)c2c1. The summed E-state index contributed by atoms with van der Waals surface area (Å²) in [6.45, 7) is 1.94. The zero-order chi connectivity index (χ0) is 18.8. The van der Waals surface area contributed by atoms with E-state index in [1.165, 1.54) is 5.69 Å². The molecule has 140 valence electrons. The summed E-state index contributed by atoms with van der Waals surface area (Å²) in [6, 6.07) is 8.53. The van der Waals surface area contributed by atoms with Crippen LogP contribution in [0.5, 0.6) is 5.75 Å². The first-order chi connectivity index (χ1) is 13.2. The van der Waals surface area contributed by atoms with Gasteiger partial charge in [0.2, 0.25) is 5.95 Å². The van der Waals surface area contributed by atoms with Crippen molar-refractivity contribution in [2.24, 2.45) is 0 Å². The van der Waals surface area contributed by atoms with E-state index in [1.54, 1.807) is 19.5 Å². The molecular formula is C20H22ClN5O. The summed E-state index contributed by atoms with van der Waals surface area (Å²) in [4.78, 5) is 17.7. The summed E-state index contributed by atoms with van der Waals surface area (Å²) in [5.74, 6) is 1.57. The highest BCUT2D eigenvalue weighted by Gasteiger charge is 2.25. The number of ether oxygens (including phenoxy) is 1. The lowest BCUT2D eigenvalue weighted by molar-refractivity contribution is 0.415. The molecule has 0 amide bonds. The van der Waals surface area contributed by atoms with E-state index in [1.807, 2.05) is 18.3 Å². The molecule has 0 aliphatic carbocycles. The van der Waals surface area contributed by atoms with Gasteiger partial charge in [-0.3, -0.25) is 4.98 Å². The highest BCUT2D eigenvalue weighted by molar-refractivity contribution is 6.30. The maximum atomic E-state index is 5.89. The van der Waals surface area contributed by atoms with Gasteiger partial charge in [-0.05, 0) is 37.1 Å². The summed E-state index contributed by atoms with van der Waals surface area (Å²) >= 11 is 5.89. The average Bonchev–Trinajstić information content (AvgIpc) is 2.73. The van der Waals surface area contributed by atoms with E-state index < -0.39 is 0 Å². The third-order valence-corrected chi connectivity index (χ3v) is 5.40. The third-order valence-electron chi connectivity index (χ3n) is 5.20. The number of aromatic nitrogens is 3. The molecule has 7 heteroatoms. The second-order valence-corrected chi connectivity index (χ2v) is 7.18. The molecule has 0 spiro atoms. The molecule has 0 bridgehead atoms. The molecule has 1 saturated heterocycles. The Morgan fingerprint density at radius 1 is 1.11 bits per heavy atom. The van der Waals surface area contributed by atoms with Crippen molar-refractivity contribution < 1.29 is 4.74 Å². The van der Waals surface area contributed by atoms with Gasteiger partial charge in [-0.1, -0.05) is 11.6 Å². The minimum atomic E-state index is 0.407. The largest absolute Gasteiger partial charge is 0.497 e. The van der Waals surface area contributed by atoms with Crippen LogP contribution in [0.25, 0.3) is 10.9 Å². The molecule has 2 aromatic heterocycles. The molecule has 0 unspecified atom stereocenters. The van der Waals surface area contributed by atoms with Crippen LogP contribution in [0.3, 0.4) is 0 Å². The second kappa shape index (κ2) is 7.56. The Balaban J connectivity index is 1.51. The Labute approximate surface area is 163 Å². The number of hydrogen-bond acceptors (Lipinski definition) is 6. The Morgan fingerprint density at radius 3 is 2.56 bits per heavy atom. The van der Waals surface area contributed by atoms with Crippen molar-refractivity contribution >= 4 is 34.1 Å². The molecule has 1 aliphatic heterocycles. The van der Waals surface area contributed by atoms with Crippen molar-refractivity contribution in [3.63, 3.8) is 0 Å². The third kappa shape index (κ3) is 3.62. The highest BCUT2D eigenvalue weighted by atomic mass is 35.5. The quantitative estimate of drug-likeness (QED) is 0.683. The summed E-state index contributed by atoms with van der Waals surface area (Å²) in [6.07, 6.45) is 7.24. The van der Waals surface area contributed by atoms with Gasteiger partial charge in [-0.15, -0.1) is 0 Å². The predicted molar refractivity (Wildman–Crippen MR) is 109 cm³/mol. The van der Waals surface area contributed by atoms with Crippen LogP contribution in [-0.4, -0.2) is 48.2 Å². The standard InChI is InChI=1S/C20H22ClN5O/c1-25(20-23-12-14(21)13-24-20)15-6-9-26(10-7-15)19-5-8-22-18-4-3-16(27-2)11-17(18)19/h3-5,8,11-13,15H,6-7,9-10H2,1-2H3. The van der Waals surface area contributed by atoms with Gasteiger partial charge in [-0.2, -0.15) is 0 Å². The minimum Gasteiger partial charge on any atom is -0.497 e. The van der Waals surface area contributed by atoms with E-state index in [2.05, 4.69) is 43.9 Å². The van der Waals surface area contributed by atoms with E-state index in [0.717, 1.165) is 48.5 Å². The minimum absolute atomic E-state index is 0.407. The smallest absolute Gasteiger partial charge is 0.225 e. The zero-order valence-corrected chi connectivity index (χ0v) is 16.2. The summed E-state index contributed by atoms with van der Waals surface area (Å²) in [5, 5.41) is 1.69. The fraction of sp³-hybridized carbons (Fsp3) is 0.350. The normalized spacial score (nSPS) is 15.1. The Morgan fingerprint density at radius 2 is 1.85 bits per heavy atom. The molecule has 0 saturated carbocycles. The fourth-order valence-corrected chi connectivity index (χ4v) is 3.76. The summed E-state index contributed by atoms with van der Waals surface area (Å²) < 4.78 is 5.39. The van der Waals surface area contributed by atoms with Crippen LogP contribution in [0.2, 0.25) is 5.02 Å². The van der Waals surface area contributed by atoms with E-state index in [-0.39, 0.29) is 0 Å². The molecule has 1 aromatic carbocycles. The van der Waals surface area contributed by atoms with Crippen LogP contribution in [0.4, 0.5) is 11.6 Å². The number of halogens is 1. The number of rotatable bonds is 4. The summed E-state index contributed by atoms with van der Waals surface area (Å²) in [5.41, 5.74) is 2.20. The Bertz CT molecular complexity index is 925. The van der Waals surface area contributed by atoms with Crippen molar-refractivity contribution in [1.29, 1.82) is 0 Å². The van der Waals surface area contributed by atoms with Crippen LogP contribution in [-0.2, 0) is 0 Å². The first-order valence-electron chi connectivity index (χ1n) is 9.04. The number of nitrogens with zero attached hydrogens (tertiary/aromatic N) is 5. The molecule has 0 N–H and O–H groups in total. The maximum absolute atomic E-state index is 5.89. The molecule has 1 fully saturated rings. The Hall–Kier alpha value is -2.60. The van der Waals surface area contributed by atoms with Crippen molar-refractivity contribution in [1.82, 2.24) is 15.0 Å². The van der Waals surface area contributed by atoms with Gasteiger partial charge < -0.3 is 14.5 Å². The summed E-state index contributed by atoms with van der Waals surface area (Å²) in [7, 11) is 3.74. The van der Waals surface area contributed by atoms with Crippen LogP contribution in [0.1, 0.15) is 12.8 Å². The number of fused-ring (bicyclic) bond motifs is 1. The number of methoxy groups -OCH3 is 1. The Kier molecular flexibility index (Phi) is 4.99. The predicted octanol–water partition coefficient (Wildman–Crippen LogP) is 3.79. The topological polar surface area (TPSA) is 54.4 Å². The van der Waals surface area contributed by atoms with Gasteiger partial charge in [0.05, 0.1) is 30.0 Å². The molecule has 4 rings (SSSR count). The van der Waals surface area contributed by atoms with Crippen LogP contribution in [0.15, 0.2) is 42.9 Å². The molecule has 3 heterocycles. The molecule has 0 radical (unpaired) electrons. The number of pyridine rings is 1. The van der Waals surface area contributed by atoms with Gasteiger partial charge >= 0.3 is 0 Å². The van der Waals surface area contributed by atoms with Crippen molar-refractivity contribution in [3.8, 4) is 5.75 Å². The van der Waals surface area contributed by atoms with Crippen molar-refractivity contribution in [2.75, 3.05) is 37.0 Å². The van der Waals surface area contributed by atoms with Gasteiger partial charge in [0, 0.05) is 43.4 Å². The monoisotopic (exact) mass is 383 g/mol. The molecule has 27 heavy (non-hydrogen) atoms. The van der Waals surface area contributed by atoms with Gasteiger partial charge in [-0.25, -0.2) is 9.97 Å². The van der Waals surface area contributed by atoms with Crippen LogP contribution < -0.4 is 14.5 Å². The average molecular weight is 384 g/mol. The van der Waals surface area contributed by atoms with Gasteiger partial charge in [0.25, 0.3) is 0 Å². The zero-order valence-electron chi connectivity index (χ0n) is 15.5. The molecule has 0 atom stereocenters. The van der Waals surface area contributed by atoms with Gasteiger partial charge in [0.1, 0.15) is 5.75 Å². The molecule has 3 aromatic rings. The van der Waals surface area contributed by atoms with Crippen molar-refractivity contribution in [3.05, 3.63) is 47.9 Å². The second-order valence-electron chi connectivity index (χ2n) is 6.74. The maximum Gasteiger partial charge on any atom is 0.225 e. The van der Waals surface area contributed by atoms with E-state index in [4.69, 9.17) is 16.3 Å². The van der Waals surface area contributed by atoms with Crippen LogP contribution in [0, 0.1) is 0 Å². The van der Waals surface area contributed by atoms with E-state index in [9.17, 15) is 0 Å². The lowest BCUT2D eigenvalue weighted by Crippen LogP contribution is -2.44. The number of anilines is 2. The van der Waals surface area contributed by atoms with Crippen LogP contribution >= 0.6 is 11.6 Å². The lowest BCUT2D eigenvalue weighted by atomic mass is 10.0. The highest BCUT2D eigenvalue weighted by Crippen LogP contribution is 2.31. The fourth-order valence-electron chi connectivity index (χ4n) is 3.66. The molecule has 6 nitrogen and oxygen atoms in total. The molecule has 1 aliphatic rings. The van der Waals surface area contributed by atoms with Gasteiger partial charge in [0.15, 0.2) is 0 Å². The first-order valence-corrected chi connectivity index (χ1v) is 9.41. The lowest BCUT2D eigenvalue weighted by Gasteiger charge is -2.38. The van der Waals surface area contributed by atoms with Crippen molar-refractivity contribution in [2.45, 2.75) is 18.9 Å². The molecular weight excluding hydrogens is 362 g/mol. The van der Waals surface area contributed by atoms with E-state index >= 15 is 0 Å². The van der Waals surface area contributed by atoms with E-state index in [0.29, 0.717) is 11.1 Å². The number of piperidine rings is 1. The number of hydrogen-bond donors (Lipinski definition) is 0. The first kappa shape index (κ1) is 17.8.